The van der Waals surface area contributed by atoms with Crippen LogP contribution in [-0.4, -0.2) is 43.8 Å². The number of aliphatic hydroxyl groups excluding tert-OH is 1. The Balaban J connectivity index is 1.64. The molecule has 0 aromatic heterocycles. The lowest BCUT2D eigenvalue weighted by molar-refractivity contribution is -0.385. The van der Waals surface area contributed by atoms with Crippen molar-refractivity contribution in [3.63, 3.8) is 0 Å². The number of halogens is 1. The molecule has 3 aromatic rings. The number of hydrogen-bond donors (Lipinski definition) is 1. The number of aliphatic hydroxyl groups is 1. The number of carbonyl (C=O) groups excluding carboxylic acids is 1. The number of nitro groups is 1. The van der Waals surface area contributed by atoms with Crippen LogP contribution < -0.4 is 14.8 Å². The Hall–Kier alpha value is -2.80. The summed E-state index contributed by atoms with van der Waals surface area (Å²) in [7, 11) is -0.691. The molecule has 4 atom stereocenters. The number of nitrogens with zero attached hydrogens (tertiary/aromatic N) is 2. The molecular formula is C30H33IN2O6Si. The van der Waals surface area contributed by atoms with E-state index in [0.29, 0.717) is 24.2 Å². The van der Waals surface area contributed by atoms with Crippen molar-refractivity contribution in [3.8, 4) is 5.75 Å². The zero-order valence-corrected chi connectivity index (χ0v) is 26.1. The van der Waals surface area contributed by atoms with Gasteiger partial charge < -0.3 is 19.5 Å². The van der Waals surface area contributed by atoms with Crippen molar-refractivity contribution in [2.75, 3.05) is 18.6 Å². The molecule has 10 heteroatoms. The predicted octanol–water partition coefficient (Wildman–Crippen LogP) is 5.35. The second-order valence-corrected chi connectivity index (χ2v) is 17.1. The van der Waals surface area contributed by atoms with Crippen molar-refractivity contribution < 1.29 is 24.3 Å². The fourth-order valence-corrected chi connectivity index (χ4v) is 11.5. The van der Waals surface area contributed by atoms with Gasteiger partial charge in [0.15, 0.2) is 5.60 Å². The molecule has 1 spiro atoms. The molecule has 0 bridgehead atoms. The molecule has 5 rings (SSSR count). The highest BCUT2D eigenvalue weighted by Gasteiger charge is 2.66. The van der Waals surface area contributed by atoms with Crippen molar-refractivity contribution in [2.45, 2.75) is 50.2 Å². The Morgan fingerprint density at radius 1 is 1.15 bits per heavy atom. The van der Waals surface area contributed by atoms with Crippen LogP contribution in [0.5, 0.6) is 5.75 Å². The first-order valence-corrected chi connectivity index (χ1v) is 17.5. The molecule has 2 aliphatic heterocycles. The van der Waals surface area contributed by atoms with E-state index in [1.807, 2.05) is 43.3 Å². The smallest absolute Gasteiger partial charge is 0.269 e. The summed E-state index contributed by atoms with van der Waals surface area (Å²) in [6.45, 7) is 6.81. The zero-order chi connectivity index (χ0) is 28.8. The van der Waals surface area contributed by atoms with E-state index in [2.05, 4.69) is 47.8 Å². The van der Waals surface area contributed by atoms with Crippen LogP contribution in [-0.2, 0) is 21.7 Å². The Kier molecular flexibility index (Phi) is 7.81. The maximum absolute atomic E-state index is 14.6. The molecule has 1 amide bonds. The van der Waals surface area contributed by atoms with E-state index in [0.717, 1.165) is 14.9 Å². The average molecular weight is 673 g/mol. The number of fused-ring (bicyclic) bond motifs is 2. The first-order chi connectivity index (χ1) is 19.0. The van der Waals surface area contributed by atoms with Gasteiger partial charge in [-0.3, -0.25) is 14.9 Å². The van der Waals surface area contributed by atoms with Crippen molar-refractivity contribution in [3.05, 3.63) is 91.5 Å². The van der Waals surface area contributed by atoms with Gasteiger partial charge in [0.25, 0.3) is 11.6 Å². The number of methoxy groups -OCH3 is 1. The normalized spacial score (nSPS) is 24.0. The van der Waals surface area contributed by atoms with Gasteiger partial charge >= 0.3 is 0 Å². The minimum Gasteiger partial charge on any atom is -0.497 e. The number of carbonyl (C=O) groups is 1. The van der Waals surface area contributed by atoms with Gasteiger partial charge in [-0.25, -0.2) is 0 Å². The van der Waals surface area contributed by atoms with Crippen LogP contribution in [0, 0.1) is 19.6 Å². The maximum atomic E-state index is 14.6. The lowest BCUT2D eigenvalue weighted by Crippen LogP contribution is -2.51. The monoisotopic (exact) mass is 672 g/mol. The van der Waals surface area contributed by atoms with Crippen molar-refractivity contribution in [1.82, 2.24) is 0 Å². The van der Waals surface area contributed by atoms with E-state index >= 15 is 0 Å². The third kappa shape index (κ3) is 4.64. The number of ether oxygens (including phenoxy) is 2. The molecule has 0 aliphatic carbocycles. The van der Waals surface area contributed by atoms with E-state index in [-0.39, 0.29) is 29.7 Å². The minimum absolute atomic E-state index is 0.0401. The second kappa shape index (κ2) is 10.9. The highest BCUT2D eigenvalue weighted by molar-refractivity contribution is 14.1. The van der Waals surface area contributed by atoms with Gasteiger partial charge in [0.1, 0.15) is 5.75 Å². The molecule has 2 aliphatic rings. The third-order valence-corrected chi connectivity index (χ3v) is 13.7. The van der Waals surface area contributed by atoms with Gasteiger partial charge in [-0.2, -0.15) is 0 Å². The molecule has 210 valence electrons. The predicted molar refractivity (Wildman–Crippen MR) is 165 cm³/mol. The summed E-state index contributed by atoms with van der Waals surface area (Å²) in [5, 5.41) is 23.1. The van der Waals surface area contributed by atoms with Crippen LogP contribution >= 0.6 is 22.6 Å². The van der Waals surface area contributed by atoms with Gasteiger partial charge in [-0.05, 0) is 70.4 Å². The molecular weight excluding hydrogens is 639 g/mol. The second-order valence-electron chi connectivity index (χ2n) is 11.1. The van der Waals surface area contributed by atoms with E-state index in [9.17, 15) is 20.0 Å². The Morgan fingerprint density at radius 2 is 1.88 bits per heavy atom. The number of non-ortho nitro benzene ring substituents is 1. The summed E-state index contributed by atoms with van der Waals surface area (Å²) in [5.74, 6) is 0.271. The van der Waals surface area contributed by atoms with Gasteiger partial charge in [0.2, 0.25) is 0 Å². The Morgan fingerprint density at radius 3 is 2.50 bits per heavy atom. The molecule has 8 nitrogen and oxygen atoms in total. The van der Waals surface area contributed by atoms with E-state index in [1.54, 1.807) is 18.1 Å². The van der Waals surface area contributed by atoms with Gasteiger partial charge in [-0.15, -0.1) is 0 Å². The fourth-order valence-electron chi connectivity index (χ4n) is 6.79. The number of rotatable bonds is 8. The number of amides is 1. The van der Waals surface area contributed by atoms with Crippen LogP contribution in [0.4, 0.5) is 11.4 Å². The van der Waals surface area contributed by atoms with Gasteiger partial charge in [-0.1, -0.05) is 49.5 Å². The summed E-state index contributed by atoms with van der Waals surface area (Å²) in [6, 6.07) is 20.6. The molecule has 1 saturated heterocycles. The van der Waals surface area contributed by atoms with Gasteiger partial charge in [0.05, 0.1) is 38.4 Å². The van der Waals surface area contributed by atoms with Crippen LogP contribution in [0.15, 0.2) is 66.7 Å². The standard InChI is InChI=1S/C30H33IN2O6Si/c1-19-28(40(3,4)24-11-9-23(38-2)10-12-24)27(14-15-34)39-30(19)25-17-22(33(36)37)8-13-26(25)32(29(30)35)18-20-6-5-7-21(31)16-20/h5-13,16-17,19,27-28,34H,14-15,18H2,1-4H3/t19-,27+,28-,30+/m1/s1. The first-order valence-electron chi connectivity index (χ1n) is 13.3. The van der Waals surface area contributed by atoms with Crippen molar-refractivity contribution >= 4 is 53.1 Å². The SMILES string of the molecule is COc1ccc([Si](C)(C)[C@H]2[C@H](CCO)O[C@@]3(C(=O)N(Cc4cccc(I)c4)c4ccc([N+](=O)[O-])cc43)[C@@H]2C)cc1. The Bertz CT molecular complexity index is 1450. The molecule has 40 heavy (non-hydrogen) atoms. The molecule has 2 heterocycles. The van der Waals surface area contributed by atoms with Gasteiger partial charge in [0, 0.05) is 33.8 Å². The molecule has 0 saturated carbocycles. The van der Waals surface area contributed by atoms with Crippen LogP contribution in [0.2, 0.25) is 18.6 Å². The molecule has 1 N–H and O–H groups in total. The molecule has 1 fully saturated rings. The largest absolute Gasteiger partial charge is 0.497 e. The molecule has 3 aromatic carbocycles. The number of nitro benzene ring substituents is 1. The summed E-state index contributed by atoms with van der Waals surface area (Å²) >= 11 is 2.25. The lowest BCUT2D eigenvalue weighted by atomic mass is 9.82. The number of hydrogen-bond acceptors (Lipinski definition) is 6. The summed E-state index contributed by atoms with van der Waals surface area (Å²) in [5.41, 5.74) is 0.630. The minimum atomic E-state index is -2.33. The van der Waals surface area contributed by atoms with Crippen molar-refractivity contribution in [1.29, 1.82) is 0 Å². The van der Waals surface area contributed by atoms with E-state index < -0.39 is 24.7 Å². The highest BCUT2D eigenvalue weighted by atomic mass is 127. The molecule has 0 radical (unpaired) electrons. The third-order valence-electron chi connectivity index (χ3n) is 8.67. The summed E-state index contributed by atoms with van der Waals surface area (Å²) in [4.78, 5) is 27.7. The fraction of sp³-hybridized carbons (Fsp3) is 0.367. The van der Waals surface area contributed by atoms with E-state index in [4.69, 9.17) is 9.47 Å². The number of benzene rings is 3. The van der Waals surface area contributed by atoms with Crippen LogP contribution in [0.25, 0.3) is 0 Å². The van der Waals surface area contributed by atoms with E-state index in [1.165, 1.54) is 17.3 Å². The Labute approximate surface area is 248 Å². The number of anilines is 1. The summed E-state index contributed by atoms with van der Waals surface area (Å²) in [6.07, 6.45) is -0.0185. The lowest BCUT2D eigenvalue weighted by Gasteiger charge is -2.37. The molecule has 0 unspecified atom stereocenters. The maximum Gasteiger partial charge on any atom is 0.269 e. The highest BCUT2D eigenvalue weighted by Crippen LogP contribution is 2.60. The van der Waals surface area contributed by atoms with Crippen LogP contribution in [0.1, 0.15) is 24.5 Å². The average Bonchev–Trinajstić information content (AvgIpc) is 3.35. The van der Waals surface area contributed by atoms with Crippen molar-refractivity contribution in [2.24, 2.45) is 5.92 Å². The topological polar surface area (TPSA) is 102 Å². The van der Waals surface area contributed by atoms with Crippen LogP contribution in [0.3, 0.4) is 0 Å². The summed E-state index contributed by atoms with van der Waals surface area (Å²) < 4.78 is 13.3. The quantitative estimate of drug-likeness (QED) is 0.150. The first kappa shape index (κ1) is 28.7. The zero-order valence-electron chi connectivity index (χ0n) is 23.0.